The molecule has 104 valence electrons. The third-order valence-corrected chi connectivity index (χ3v) is 2.52. The summed E-state index contributed by atoms with van der Waals surface area (Å²) in [5, 5.41) is 17.9. The number of nitrogens with one attached hydrogen (secondary N) is 2. The van der Waals surface area contributed by atoms with Crippen molar-refractivity contribution in [3.8, 4) is 0 Å². The molecule has 20 heavy (non-hydrogen) atoms. The molecule has 0 bridgehead atoms. The Kier molecular flexibility index (Phi) is 3.99. The van der Waals surface area contributed by atoms with Crippen molar-refractivity contribution in [2.75, 3.05) is 10.6 Å². The first-order valence-corrected chi connectivity index (χ1v) is 5.91. The van der Waals surface area contributed by atoms with Gasteiger partial charge >= 0.3 is 12.0 Å². The van der Waals surface area contributed by atoms with Gasteiger partial charge in [0.1, 0.15) is 0 Å². The highest BCUT2D eigenvalue weighted by Gasteiger charge is 2.05. The number of aromatic nitrogens is 2. The molecule has 1 heterocycles. The lowest BCUT2D eigenvalue weighted by Crippen LogP contribution is -2.19. The summed E-state index contributed by atoms with van der Waals surface area (Å²) in [6.45, 7) is 0. The van der Waals surface area contributed by atoms with E-state index in [1.807, 2.05) is 0 Å². The first-order valence-electron chi connectivity index (χ1n) is 5.91. The monoisotopic (exact) mass is 274 g/mol. The summed E-state index contributed by atoms with van der Waals surface area (Å²) in [5.74, 6) is -0.439. The highest BCUT2D eigenvalue weighted by atomic mass is 16.4. The van der Waals surface area contributed by atoms with Crippen LogP contribution in [0.4, 0.5) is 16.3 Å². The quantitative estimate of drug-likeness (QED) is 0.790. The molecular weight excluding hydrogens is 260 g/mol. The Balaban J connectivity index is 1.92. The van der Waals surface area contributed by atoms with E-state index in [1.165, 1.54) is 0 Å². The molecule has 0 aliphatic heterocycles. The number of nitrogens with zero attached hydrogens (tertiary/aromatic N) is 2. The maximum Gasteiger partial charge on any atom is 0.324 e. The Labute approximate surface area is 115 Å². The van der Waals surface area contributed by atoms with E-state index in [9.17, 15) is 9.59 Å². The van der Waals surface area contributed by atoms with E-state index >= 15 is 0 Å². The molecule has 3 N–H and O–H groups in total. The maximum atomic E-state index is 11.7. The van der Waals surface area contributed by atoms with Gasteiger partial charge in [0.2, 0.25) is 0 Å². The van der Waals surface area contributed by atoms with Gasteiger partial charge in [0.25, 0.3) is 0 Å². The SMILES string of the molecule is Cn1ccc(NC(=O)Nc2ccc(CC(=O)O)cc2)n1. The Morgan fingerprint density at radius 2 is 1.90 bits per heavy atom. The number of carboxylic acids is 1. The van der Waals surface area contributed by atoms with E-state index in [0.717, 1.165) is 0 Å². The molecule has 0 saturated heterocycles. The minimum Gasteiger partial charge on any atom is -0.481 e. The standard InChI is InChI=1S/C13H14N4O3/c1-17-7-6-11(16-17)15-13(20)14-10-4-2-9(3-5-10)8-12(18)19/h2-7H,8H2,1H3,(H,18,19)(H2,14,15,16,20). The molecule has 7 heteroatoms. The predicted octanol–water partition coefficient (Wildman–Crippen LogP) is 1.69. The molecule has 2 amide bonds. The van der Waals surface area contributed by atoms with Crippen molar-refractivity contribution in [2.24, 2.45) is 7.05 Å². The molecule has 0 saturated carbocycles. The van der Waals surface area contributed by atoms with Crippen molar-refractivity contribution >= 4 is 23.5 Å². The molecule has 0 aliphatic rings. The molecule has 0 spiro atoms. The third kappa shape index (κ3) is 3.84. The van der Waals surface area contributed by atoms with E-state index in [1.54, 1.807) is 48.3 Å². The Morgan fingerprint density at radius 1 is 1.20 bits per heavy atom. The summed E-state index contributed by atoms with van der Waals surface area (Å²) in [5.41, 5.74) is 1.25. The number of rotatable bonds is 4. The van der Waals surface area contributed by atoms with Crippen LogP contribution in [-0.4, -0.2) is 26.9 Å². The van der Waals surface area contributed by atoms with E-state index < -0.39 is 12.0 Å². The highest BCUT2D eigenvalue weighted by molar-refractivity contribution is 5.99. The first-order chi connectivity index (χ1) is 9.52. The van der Waals surface area contributed by atoms with Crippen molar-refractivity contribution in [1.82, 2.24) is 9.78 Å². The number of hydrogen-bond donors (Lipinski definition) is 3. The molecule has 0 radical (unpaired) electrons. The largest absolute Gasteiger partial charge is 0.481 e. The van der Waals surface area contributed by atoms with Crippen LogP contribution in [0.2, 0.25) is 0 Å². The summed E-state index contributed by atoms with van der Waals surface area (Å²) in [4.78, 5) is 22.2. The van der Waals surface area contributed by atoms with E-state index in [-0.39, 0.29) is 6.42 Å². The lowest BCUT2D eigenvalue weighted by Gasteiger charge is -2.06. The topological polar surface area (TPSA) is 96.2 Å². The molecule has 0 aliphatic carbocycles. The van der Waals surface area contributed by atoms with Gasteiger partial charge in [0.15, 0.2) is 5.82 Å². The zero-order chi connectivity index (χ0) is 14.5. The lowest BCUT2D eigenvalue weighted by molar-refractivity contribution is -0.136. The molecule has 2 rings (SSSR count). The second-order valence-corrected chi connectivity index (χ2v) is 4.22. The molecule has 0 atom stereocenters. The Morgan fingerprint density at radius 3 is 2.45 bits per heavy atom. The van der Waals surface area contributed by atoms with Crippen LogP contribution in [0.1, 0.15) is 5.56 Å². The average molecular weight is 274 g/mol. The fraction of sp³-hybridized carbons (Fsp3) is 0.154. The van der Waals surface area contributed by atoms with Crippen LogP contribution in [0.15, 0.2) is 36.5 Å². The summed E-state index contributed by atoms with van der Waals surface area (Å²) < 4.78 is 1.58. The summed E-state index contributed by atoms with van der Waals surface area (Å²) in [7, 11) is 1.75. The number of aliphatic carboxylic acids is 1. The van der Waals surface area contributed by atoms with E-state index in [2.05, 4.69) is 15.7 Å². The fourth-order valence-corrected chi connectivity index (χ4v) is 1.64. The number of benzene rings is 1. The van der Waals surface area contributed by atoms with Gasteiger partial charge in [-0.25, -0.2) is 4.79 Å². The van der Waals surface area contributed by atoms with Crippen molar-refractivity contribution in [1.29, 1.82) is 0 Å². The number of anilines is 2. The molecule has 2 aromatic rings. The van der Waals surface area contributed by atoms with Crippen molar-refractivity contribution in [2.45, 2.75) is 6.42 Å². The van der Waals surface area contributed by atoms with Crippen LogP contribution >= 0.6 is 0 Å². The first kappa shape index (κ1) is 13.6. The van der Waals surface area contributed by atoms with E-state index in [0.29, 0.717) is 17.1 Å². The maximum absolute atomic E-state index is 11.7. The normalized spacial score (nSPS) is 10.1. The highest BCUT2D eigenvalue weighted by Crippen LogP contribution is 2.11. The van der Waals surface area contributed by atoms with Gasteiger partial charge in [0.05, 0.1) is 6.42 Å². The number of carbonyl (C=O) groups excluding carboxylic acids is 1. The average Bonchev–Trinajstić information content (AvgIpc) is 2.76. The van der Waals surface area contributed by atoms with Gasteiger partial charge in [-0.2, -0.15) is 5.10 Å². The van der Waals surface area contributed by atoms with Crippen molar-refractivity contribution < 1.29 is 14.7 Å². The molecular formula is C13H14N4O3. The van der Waals surface area contributed by atoms with Gasteiger partial charge < -0.3 is 10.4 Å². The fourth-order valence-electron chi connectivity index (χ4n) is 1.64. The number of carbonyl (C=O) groups is 2. The Bertz CT molecular complexity index is 619. The number of carboxylic acid groups (broad SMARTS) is 1. The van der Waals surface area contributed by atoms with Gasteiger partial charge in [-0.15, -0.1) is 0 Å². The molecule has 0 unspecified atom stereocenters. The van der Waals surface area contributed by atoms with Gasteiger partial charge in [-0.3, -0.25) is 14.8 Å². The minimum atomic E-state index is -0.890. The second-order valence-electron chi connectivity index (χ2n) is 4.22. The van der Waals surface area contributed by atoms with Crippen LogP contribution in [-0.2, 0) is 18.3 Å². The molecule has 1 aromatic carbocycles. The van der Waals surface area contributed by atoms with Crippen LogP contribution in [0.3, 0.4) is 0 Å². The number of amides is 2. The van der Waals surface area contributed by atoms with Crippen LogP contribution in [0.25, 0.3) is 0 Å². The molecule has 1 aromatic heterocycles. The van der Waals surface area contributed by atoms with Crippen LogP contribution in [0, 0.1) is 0 Å². The zero-order valence-electron chi connectivity index (χ0n) is 10.8. The van der Waals surface area contributed by atoms with Crippen molar-refractivity contribution in [3.05, 3.63) is 42.1 Å². The Hall–Kier alpha value is -2.83. The summed E-state index contributed by atoms with van der Waals surface area (Å²) in [6, 6.07) is 7.88. The van der Waals surface area contributed by atoms with E-state index in [4.69, 9.17) is 5.11 Å². The van der Waals surface area contributed by atoms with Gasteiger partial charge in [0, 0.05) is 25.0 Å². The number of hydrogen-bond acceptors (Lipinski definition) is 3. The third-order valence-electron chi connectivity index (χ3n) is 2.52. The number of urea groups is 1. The molecule has 7 nitrogen and oxygen atoms in total. The lowest BCUT2D eigenvalue weighted by atomic mass is 10.1. The summed E-state index contributed by atoms with van der Waals surface area (Å²) in [6.07, 6.45) is 1.68. The van der Waals surface area contributed by atoms with Crippen LogP contribution < -0.4 is 10.6 Å². The van der Waals surface area contributed by atoms with Gasteiger partial charge in [-0.05, 0) is 17.7 Å². The zero-order valence-corrected chi connectivity index (χ0v) is 10.8. The minimum absolute atomic E-state index is 0.0413. The van der Waals surface area contributed by atoms with Crippen molar-refractivity contribution in [3.63, 3.8) is 0 Å². The van der Waals surface area contributed by atoms with Crippen LogP contribution in [0.5, 0.6) is 0 Å². The molecule has 0 fully saturated rings. The van der Waals surface area contributed by atoms with Gasteiger partial charge in [-0.1, -0.05) is 12.1 Å². The summed E-state index contributed by atoms with van der Waals surface area (Å²) >= 11 is 0. The number of aryl methyl sites for hydroxylation is 1. The second kappa shape index (κ2) is 5.87. The predicted molar refractivity (Wildman–Crippen MR) is 73.6 cm³/mol. The smallest absolute Gasteiger partial charge is 0.324 e.